The van der Waals surface area contributed by atoms with Crippen LogP contribution in [0, 0.1) is 0 Å². The molecule has 1 unspecified atom stereocenters. The lowest BCUT2D eigenvalue weighted by atomic mass is 9.97. The standard InChI is InChI=1S/C13H17N/c1-3-4-11-6-8-13-12(9-11)7-5-10(2)14-13/h3-4,6,8-10,14H,5,7H2,1-2H3/b4-3-. The summed E-state index contributed by atoms with van der Waals surface area (Å²) in [5.74, 6) is 0. The number of benzene rings is 1. The SMILES string of the molecule is C/C=C\c1ccc2c(c1)CCC(C)N2. The summed E-state index contributed by atoms with van der Waals surface area (Å²) in [6.07, 6.45) is 6.68. The second kappa shape index (κ2) is 3.87. The molecule has 0 radical (unpaired) electrons. The number of fused-ring (bicyclic) bond motifs is 1. The Morgan fingerprint density at radius 3 is 3.07 bits per heavy atom. The number of aryl methyl sites for hydroxylation is 1. The number of hydrogen-bond acceptors (Lipinski definition) is 1. The second-order valence-electron chi connectivity index (χ2n) is 4.00. The lowest BCUT2D eigenvalue weighted by molar-refractivity contribution is 0.681. The molecule has 0 spiro atoms. The van der Waals surface area contributed by atoms with Crippen LogP contribution in [0.25, 0.3) is 6.08 Å². The van der Waals surface area contributed by atoms with Gasteiger partial charge in [0.1, 0.15) is 0 Å². The number of hydrogen-bond donors (Lipinski definition) is 1. The third-order valence-corrected chi connectivity index (χ3v) is 2.74. The molecule has 0 fully saturated rings. The molecule has 1 aliphatic heterocycles. The lowest BCUT2D eigenvalue weighted by Gasteiger charge is -2.24. The first-order valence-electron chi connectivity index (χ1n) is 5.32. The fourth-order valence-corrected chi connectivity index (χ4v) is 1.97. The highest BCUT2D eigenvalue weighted by Gasteiger charge is 2.13. The van der Waals surface area contributed by atoms with E-state index in [-0.39, 0.29) is 0 Å². The fourth-order valence-electron chi connectivity index (χ4n) is 1.97. The van der Waals surface area contributed by atoms with Crippen molar-refractivity contribution < 1.29 is 0 Å². The van der Waals surface area contributed by atoms with E-state index in [1.165, 1.54) is 29.7 Å². The van der Waals surface area contributed by atoms with Crippen molar-refractivity contribution in [3.8, 4) is 0 Å². The third-order valence-electron chi connectivity index (χ3n) is 2.74. The Morgan fingerprint density at radius 1 is 1.43 bits per heavy atom. The molecule has 0 aromatic heterocycles. The molecule has 1 nitrogen and oxygen atoms in total. The molecule has 74 valence electrons. The normalized spacial score (nSPS) is 20.6. The Hall–Kier alpha value is -1.24. The summed E-state index contributed by atoms with van der Waals surface area (Å²) >= 11 is 0. The molecule has 2 rings (SSSR count). The largest absolute Gasteiger partial charge is 0.382 e. The van der Waals surface area contributed by atoms with Crippen molar-refractivity contribution in [3.63, 3.8) is 0 Å². The van der Waals surface area contributed by atoms with E-state index in [9.17, 15) is 0 Å². The summed E-state index contributed by atoms with van der Waals surface area (Å²) in [4.78, 5) is 0. The molecule has 1 N–H and O–H groups in total. The van der Waals surface area contributed by atoms with Crippen molar-refractivity contribution in [2.24, 2.45) is 0 Å². The number of allylic oxidation sites excluding steroid dienone is 1. The van der Waals surface area contributed by atoms with Gasteiger partial charge in [0.05, 0.1) is 0 Å². The fraction of sp³-hybridized carbons (Fsp3) is 0.385. The van der Waals surface area contributed by atoms with Gasteiger partial charge in [0.15, 0.2) is 0 Å². The first-order valence-corrected chi connectivity index (χ1v) is 5.32. The van der Waals surface area contributed by atoms with E-state index >= 15 is 0 Å². The maximum atomic E-state index is 3.51. The molecule has 1 atom stereocenters. The van der Waals surface area contributed by atoms with Crippen LogP contribution in [0.5, 0.6) is 0 Å². The van der Waals surface area contributed by atoms with E-state index in [1.54, 1.807) is 0 Å². The first-order chi connectivity index (χ1) is 6.79. The van der Waals surface area contributed by atoms with Crippen LogP contribution < -0.4 is 5.32 Å². The summed E-state index contributed by atoms with van der Waals surface area (Å²) in [5.41, 5.74) is 4.08. The van der Waals surface area contributed by atoms with Gasteiger partial charge in [-0.3, -0.25) is 0 Å². The van der Waals surface area contributed by atoms with Crippen LogP contribution in [0.15, 0.2) is 24.3 Å². The molecule has 0 aliphatic carbocycles. The van der Waals surface area contributed by atoms with Crippen LogP contribution in [-0.4, -0.2) is 6.04 Å². The Morgan fingerprint density at radius 2 is 2.29 bits per heavy atom. The van der Waals surface area contributed by atoms with E-state index in [0.717, 1.165) is 0 Å². The van der Waals surface area contributed by atoms with Crippen LogP contribution in [0.3, 0.4) is 0 Å². The summed E-state index contributed by atoms with van der Waals surface area (Å²) in [5, 5.41) is 3.51. The van der Waals surface area contributed by atoms with Crippen LogP contribution in [0.2, 0.25) is 0 Å². The molecule has 1 heteroatoms. The molecular weight excluding hydrogens is 170 g/mol. The van der Waals surface area contributed by atoms with Crippen molar-refractivity contribution in [1.82, 2.24) is 0 Å². The number of anilines is 1. The molecule has 1 heterocycles. The molecular formula is C13H17N. The number of nitrogens with one attached hydrogen (secondary N) is 1. The Balaban J connectivity index is 2.31. The Labute approximate surface area is 85.8 Å². The quantitative estimate of drug-likeness (QED) is 0.710. The Kier molecular flexibility index (Phi) is 2.58. The zero-order valence-electron chi connectivity index (χ0n) is 8.88. The van der Waals surface area contributed by atoms with Gasteiger partial charge in [-0.25, -0.2) is 0 Å². The Bertz CT molecular complexity index is 352. The highest BCUT2D eigenvalue weighted by Crippen LogP contribution is 2.25. The van der Waals surface area contributed by atoms with Gasteiger partial charge in [-0.15, -0.1) is 0 Å². The van der Waals surface area contributed by atoms with E-state index in [1.807, 2.05) is 0 Å². The van der Waals surface area contributed by atoms with Crippen LogP contribution in [-0.2, 0) is 6.42 Å². The van der Waals surface area contributed by atoms with E-state index in [2.05, 4.69) is 49.5 Å². The third kappa shape index (κ3) is 1.82. The zero-order valence-corrected chi connectivity index (χ0v) is 8.88. The van der Waals surface area contributed by atoms with Crippen molar-refractivity contribution >= 4 is 11.8 Å². The van der Waals surface area contributed by atoms with Crippen LogP contribution in [0.4, 0.5) is 5.69 Å². The monoisotopic (exact) mass is 187 g/mol. The molecule has 0 saturated heterocycles. The van der Waals surface area contributed by atoms with Crippen molar-refractivity contribution in [3.05, 3.63) is 35.4 Å². The average molecular weight is 187 g/mol. The lowest BCUT2D eigenvalue weighted by Crippen LogP contribution is -2.21. The van der Waals surface area contributed by atoms with Crippen molar-refractivity contribution in [1.29, 1.82) is 0 Å². The second-order valence-corrected chi connectivity index (χ2v) is 4.00. The highest BCUT2D eigenvalue weighted by atomic mass is 14.9. The predicted octanol–water partition coefficient (Wildman–Crippen LogP) is 3.47. The maximum Gasteiger partial charge on any atom is 0.0375 e. The molecule has 14 heavy (non-hydrogen) atoms. The topological polar surface area (TPSA) is 12.0 Å². The summed E-state index contributed by atoms with van der Waals surface area (Å²) in [6.45, 7) is 4.29. The highest BCUT2D eigenvalue weighted by molar-refractivity contribution is 5.61. The van der Waals surface area contributed by atoms with Crippen LogP contribution in [0.1, 0.15) is 31.4 Å². The van der Waals surface area contributed by atoms with Gasteiger partial charge < -0.3 is 5.32 Å². The summed E-state index contributed by atoms with van der Waals surface area (Å²) < 4.78 is 0. The minimum absolute atomic E-state index is 0.620. The minimum atomic E-state index is 0.620. The van der Waals surface area contributed by atoms with Gasteiger partial charge in [0.25, 0.3) is 0 Å². The molecule has 0 amide bonds. The number of rotatable bonds is 1. The van der Waals surface area contributed by atoms with E-state index in [4.69, 9.17) is 0 Å². The molecule has 0 bridgehead atoms. The maximum absolute atomic E-state index is 3.51. The zero-order chi connectivity index (χ0) is 9.97. The van der Waals surface area contributed by atoms with Gasteiger partial charge in [-0.05, 0) is 49.9 Å². The van der Waals surface area contributed by atoms with Gasteiger partial charge in [-0.1, -0.05) is 18.2 Å². The first kappa shape index (κ1) is 9.32. The summed E-state index contributed by atoms with van der Waals surface area (Å²) in [6, 6.07) is 7.27. The molecule has 0 saturated carbocycles. The molecule has 1 aliphatic rings. The van der Waals surface area contributed by atoms with Gasteiger partial charge >= 0.3 is 0 Å². The molecule has 1 aromatic carbocycles. The summed E-state index contributed by atoms with van der Waals surface area (Å²) in [7, 11) is 0. The van der Waals surface area contributed by atoms with E-state index in [0.29, 0.717) is 6.04 Å². The predicted molar refractivity (Wildman–Crippen MR) is 62.6 cm³/mol. The smallest absolute Gasteiger partial charge is 0.0375 e. The minimum Gasteiger partial charge on any atom is -0.382 e. The van der Waals surface area contributed by atoms with Crippen molar-refractivity contribution in [2.45, 2.75) is 32.7 Å². The average Bonchev–Trinajstić information content (AvgIpc) is 2.19. The van der Waals surface area contributed by atoms with Crippen molar-refractivity contribution in [2.75, 3.05) is 5.32 Å². The van der Waals surface area contributed by atoms with Gasteiger partial charge in [-0.2, -0.15) is 0 Å². The van der Waals surface area contributed by atoms with Gasteiger partial charge in [0, 0.05) is 11.7 Å². The van der Waals surface area contributed by atoms with Crippen LogP contribution >= 0.6 is 0 Å². The van der Waals surface area contributed by atoms with E-state index < -0.39 is 0 Å². The molecule has 1 aromatic rings. The van der Waals surface area contributed by atoms with Gasteiger partial charge in [0.2, 0.25) is 0 Å².